The van der Waals surface area contributed by atoms with E-state index in [1.54, 1.807) is 0 Å². The Bertz CT molecular complexity index is 457. The number of aromatic nitrogens is 1. The third-order valence-electron chi connectivity index (χ3n) is 2.90. The van der Waals surface area contributed by atoms with Crippen molar-refractivity contribution in [1.29, 1.82) is 0 Å². The van der Waals surface area contributed by atoms with Gasteiger partial charge in [-0.15, -0.1) is 0 Å². The standard InChI is InChI=1S/C14H20N2/c1-3-9-16-11-12(10-15-4-2)13-7-5-6-8-14(13)16/h5-8,11,15H,3-4,9-10H2,1-2H3. The first-order valence-corrected chi connectivity index (χ1v) is 6.14. The number of nitrogens with zero attached hydrogens (tertiary/aromatic N) is 1. The molecule has 0 bridgehead atoms. The van der Waals surface area contributed by atoms with E-state index in [2.05, 4.69) is 54.2 Å². The number of benzene rings is 1. The molecule has 0 saturated heterocycles. The first kappa shape index (κ1) is 11.2. The summed E-state index contributed by atoms with van der Waals surface area (Å²) in [6.07, 6.45) is 3.47. The van der Waals surface area contributed by atoms with Gasteiger partial charge in [0.2, 0.25) is 0 Å². The van der Waals surface area contributed by atoms with Gasteiger partial charge in [0, 0.05) is 30.2 Å². The van der Waals surface area contributed by atoms with Crippen LogP contribution in [0.1, 0.15) is 25.8 Å². The summed E-state index contributed by atoms with van der Waals surface area (Å²) in [6.45, 7) is 7.46. The molecular formula is C14H20N2. The maximum absolute atomic E-state index is 3.40. The zero-order chi connectivity index (χ0) is 11.4. The molecule has 1 aromatic heterocycles. The lowest BCUT2D eigenvalue weighted by Gasteiger charge is -2.01. The average Bonchev–Trinajstić information content (AvgIpc) is 2.66. The van der Waals surface area contributed by atoms with Crippen molar-refractivity contribution in [2.75, 3.05) is 6.54 Å². The summed E-state index contributed by atoms with van der Waals surface area (Å²) in [5.41, 5.74) is 2.77. The number of para-hydroxylation sites is 1. The summed E-state index contributed by atoms with van der Waals surface area (Å²) in [5.74, 6) is 0. The smallest absolute Gasteiger partial charge is 0.0483 e. The van der Waals surface area contributed by atoms with E-state index in [9.17, 15) is 0 Å². The van der Waals surface area contributed by atoms with Crippen molar-refractivity contribution in [3.05, 3.63) is 36.0 Å². The van der Waals surface area contributed by atoms with Crippen molar-refractivity contribution in [3.8, 4) is 0 Å². The SMILES string of the molecule is CCCn1cc(CNCC)c2ccccc21. The van der Waals surface area contributed by atoms with Gasteiger partial charge in [-0.3, -0.25) is 0 Å². The zero-order valence-electron chi connectivity index (χ0n) is 10.2. The maximum atomic E-state index is 3.40. The van der Waals surface area contributed by atoms with Crippen molar-refractivity contribution in [3.63, 3.8) is 0 Å². The van der Waals surface area contributed by atoms with Crippen molar-refractivity contribution in [2.24, 2.45) is 0 Å². The summed E-state index contributed by atoms with van der Waals surface area (Å²) in [6, 6.07) is 8.66. The van der Waals surface area contributed by atoms with Crippen LogP contribution in [0.25, 0.3) is 10.9 Å². The van der Waals surface area contributed by atoms with Gasteiger partial charge in [-0.1, -0.05) is 32.0 Å². The minimum Gasteiger partial charge on any atom is -0.347 e. The number of nitrogens with one attached hydrogen (secondary N) is 1. The van der Waals surface area contributed by atoms with E-state index < -0.39 is 0 Å². The molecule has 0 unspecified atom stereocenters. The van der Waals surface area contributed by atoms with Crippen LogP contribution in [0.5, 0.6) is 0 Å². The average molecular weight is 216 g/mol. The van der Waals surface area contributed by atoms with E-state index in [-0.39, 0.29) is 0 Å². The number of rotatable bonds is 5. The summed E-state index contributed by atoms with van der Waals surface area (Å²) in [4.78, 5) is 0. The predicted octanol–water partition coefficient (Wildman–Crippen LogP) is 3.16. The van der Waals surface area contributed by atoms with Gasteiger partial charge in [-0.05, 0) is 24.6 Å². The van der Waals surface area contributed by atoms with Gasteiger partial charge in [0.25, 0.3) is 0 Å². The third kappa shape index (κ3) is 2.12. The Balaban J connectivity index is 2.40. The van der Waals surface area contributed by atoms with E-state index in [0.29, 0.717) is 0 Å². The molecule has 86 valence electrons. The Kier molecular flexibility index (Phi) is 3.62. The Hall–Kier alpha value is -1.28. The van der Waals surface area contributed by atoms with Crippen LogP contribution >= 0.6 is 0 Å². The van der Waals surface area contributed by atoms with Gasteiger partial charge in [0.15, 0.2) is 0 Å². The molecule has 2 heteroatoms. The topological polar surface area (TPSA) is 17.0 Å². The highest BCUT2D eigenvalue weighted by Gasteiger charge is 2.06. The molecule has 1 N–H and O–H groups in total. The van der Waals surface area contributed by atoms with Gasteiger partial charge in [-0.2, -0.15) is 0 Å². The van der Waals surface area contributed by atoms with Crippen molar-refractivity contribution in [1.82, 2.24) is 9.88 Å². The fourth-order valence-electron chi connectivity index (χ4n) is 2.15. The molecule has 0 radical (unpaired) electrons. The summed E-state index contributed by atoms with van der Waals surface area (Å²) in [5, 5.41) is 4.78. The van der Waals surface area contributed by atoms with E-state index in [1.165, 1.54) is 22.9 Å². The molecule has 2 nitrogen and oxygen atoms in total. The van der Waals surface area contributed by atoms with Gasteiger partial charge in [0.05, 0.1) is 0 Å². The molecule has 1 heterocycles. The van der Waals surface area contributed by atoms with Gasteiger partial charge < -0.3 is 9.88 Å². The second-order valence-corrected chi connectivity index (χ2v) is 4.15. The number of aryl methyl sites for hydroxylation is 1. The minimum atomic E-state index is 0.966. The predicted molar refractivity (Wildman–Crippen MR) is 69.6 cm³/mol. The minimum absolute atomic E-state index is 0.966. The third-order valence-corrected chi connectivity index (χ3v) is 2.90. The summed E-state index contributed by atoms with van der Waals surface area (Å²) < 4.78 is 2.36. The molecule has 1 aromatic carbocycles. The van der Waals surface area contributed by atoms with Gasteiger partial charge >= 0.3 is 0 Å². The van der Waals surface area contributed by atoms with E-state index in [0.717, 1.165) is 19.6 Å². The highest BCUT2D eigenvalue weighted by Crippen LogP contribution is 2.21. The van der Waals surface area contributed by atoms with E-state index >= 15 is 0 Å². The molecule has 0 aliphatic heterocycles. The van der Waals surface area contributed by atoms with Crippen LogP contribution in [0.4, 0.5) is 0 Å². The molecule has 0 fully saturated rings. The normalized spacial score (nSPS) is 11.1. The Morgan fingerprint density at radius 1 is 1.19 bits per heavy atom. The summed E-state index contributed by atoms with van der Waals surface area (Å²) >= 11 is 0. The lowest BCUT2D eigenvalue weighted by molar-refractivity contribution is 0.689. The highest BCUT2D eigenvalue weighted by atomic mass is 15.0. The van der Waals surface area contributed by atoms with E-state index in [1.807, 2.05) is 0 Å². The van der Waals surface area contributed by atoms with Crippen LogP contribution < -0.4 is 5.32 Å². The Labute approximate surface area is 97.3 Å². The van der Waals surface area contributed by atoms with Crippen LogP contribution in [0.15, 0.2) is 30.5 Å². The molecule has 16 heavy (non-hydrogen) atoms. The number of hydrogen-bond acceptors (Lipinski definition) is 1. The molecule has 0 amide bonds. The molecule has 0 spiro atoms. The molecule has 0 aliphatic rings. The number of hydrogen-bond donors (Lipinski definition) is 1. The van der Waals surface area contributed by atoms with Crippen molar-refractivity contribution < 1.29 is 0 Å². The summed E-state index contributed by atoms with van der Waals surface area (Å²) in [7, 11) is 0. The Morgan fingerprint density at radius 3 is 2.75 bits per heavy atom. The van der Waals surface area contributed by atoms with Crippen LogP contribution in [0.2, 0.25) is 0 Å². The highest BCUT2D eigenvalue weighted by molar-refractivity contribution is 5.83. The molecule has 2 aromatic rings. The largest absolute Gasteiger partial charge is 0.347 e. The van der Waals surface area contributed by atoms with Gasteiger partial charge in [0.1, 0.15) is 0 Å². The second-order valence-electron chi connectivity index (χ2n) is 4.15. The fraction of sp³-hybridized carbons (Fsp3) is 0.429. The van der Waals surface area contributed by atoms with Crippen LogP contribution in [-0.4, -0.2) is 11.1 Å². The molecule has 0 aliphatic carbocycles. The Morgan fingerprint density at radius 2 is 2.00 bits per heavy atom. The van der Waals surface area contributed by atoms with Crippen LogP contribution in [0, 0.1) is 0 Å². The van der Waals surface area contributed by atoms with Crippen LogP contribution in [-0.2, 0) is 13.1 Å². The second kappa shape index (κ2) is 5.17. The molecule has 0 atom stereocenters. The van der Waals surface area contributed by atoms with Gasteiger partial charge in [-0.25, -0.2) is 0 Å². The molecular weight excluding hydrogens is 196 g/mol. The lowest BCUT2D eigenvalue weighted by atomic mass is 10.2. The fourth-order valence-corrected chi connectivity index (χ4v) is 2.15. The van der Waals surface area contributed by atoms with Crippen molar-refractivity contribution in [2.45, 2.75) is 33.4 Å². The maximum Gasteiger partial charge on any atom is 0.0483 e. The van der Waals surface area contributed by atoms with Crippen molar-refractivity contribution >= 4 is 10.9 Å². The lowest BCUT2D eigenvalue weighted by Crippen LogP contribution is -2.11. The first-order valence-electron chi connectivity index (χ1n) is 6.14. The number of fused-ring (bicyclic) bond motifs is 1. The zero-order valence-corrected chi connectivity index (χ0v) is 10.2. The molecule has 0 saturated carbocycles. The molecule has 2 rings (SSSR count). The van der Waals surface area contributed by atoms with E-state index in [4.69, 9.17) is 0 Å². The quantitative estimate of drug-likeness (QED) is 0.812. The monoisotopic (exact) mass is 216 g/mol. The van der Waals surface area contributed by atoms with Crippen LogP contribution in [0.3, 0.4) is 0 Å². The first-order chi connectivity index (χ1) is 7.86.